The van der Waals surface area contributed by atoms with Gasteiger partial charge in [0.25, 0.3) is 0 Å². The summed E-state index contributed by atoms with van der Waals surface area (Å²) in [6, 6.07) is 11.4. The zero-order valence-electron chi connectivity index (χ0n) is 13.8. The second kappa shape index (κ2) is 8.31. The lowest BCUT2D eigenvalue weighted by Gasteiger charge is -2.23. The number of carbonyl (C=O) groups excluding carboxylic acids is 1. The van der Waals surface area contributed by atoms with E-state index in [0.29, 0.717) is 5.75 Å². The van der Waals surface area contributed by atoms with E-state index in [1.54, 1.807) is 26.2 Å². The van der Waals surface area contributed by atoms with Gasteiger partial charge in [0, 0.05) is 12.1 Å². The van der Waals surface area contributed by atoms with Gasteiger partial charge in [0.15, 0.2) is 0 Å². The van der Waals surface area contributed by atoms with Crippen LogP contribution in [-0.2, 0) is 6.54 Å². The van der Waals surface area contributed by atoms with Crippen molar-refractivity contribution in [2.45, 2.75) is 13.5 Å². The fraction of sp³-hybridized carbons (Fsp3) is 0.278. The number of urea groups is 1. The monoisotopic (exact) mass is 332 g/mol. The molecule has 2 aromatic carbocycles. The van der Waals surface area contributed by atoms with E-state index >= 15 is 0 Å². The van der Waals surface area contributed by atoms with Gasteiger partial charge in [0.2, 0.25) is 0 Å². The number of benzene rings is 2. The lowest BCUT2D eigenvalue weighted by molar-refractivity contribution is 0.184. The predicted molar refractivity (Wildman–Crippen MR) is 90.6 cm³/mol. The molecule has 128 valence electrons. The molecule has 2 amide bonds. The van der Waals surface area contributed by atoms with E-state index in [1.807, 2.05) is 18.2 Å². The van der Waals surface area contributed by atoms with E-state index in [1.165, 1.54) is 17.0 Å². The van der Waals surface area contributed by atoms with Crippen LogP contribution in [0.15, 0.2) is 42.5 Å². The third kappa shape index (κ3) is 4.45. The number of para-hydroxylation sites is 1. The first kappa shape index (κ1) is 17.7. The molecule has 0 aliphatic carbocycles. The van der Waals surface area contributed by atoms with E-state index in [4.69, 9.17) is 4.74 Å². The Morgan fingerprint density at radius 3 is 2.71 bits per heavy atom. The Morgan fingerprint density at radius 1 is 1.29 bits per heavy atom. The summed E-state index contributed by atoms with van der Waals surface area (Å²) in [5, 5.41) is 11.8. The summed E-state index contributed by atoms with van der Waals surface area (Å²) in [5.74, 6) is 0.152. The SMILES string of the molecule is COc1ccccc1CN(CCO)C(=O)Nc1ccc(C)cc1F. The fourth-order valence-corrected chi connectivity index (χ4v) is 2.33. The zero-order valence-corrected chi connectivity index (χ0v) is 13.8. The lowest BCUT2D eigenvalue weighted by atomic mass is 10.2. The Labute approximate surface area is 140 Å². The molecule has 2 rings (SSSR count). The third-order valence-electron chi connectivity index (χ3n) is 3.58. The van der Waals surface area contributed by atoms with Crippen LogP contribution in [0, 0.1) is 12.7 Å². The van der Waals surface area contributed by atoms with Crippen molar-refractivity contribution in [3.63, 3.8) is 0 Å². The summed E-state index contributed by atoms with van der Waals surface area (Å²) in [5.41, 5.74) is 1.67. The number of hydrogen-bond acceptors (Lipinski definition) is 3. The van der Waals surface area contributed by atoms with Gasteiger partial charge in [0.1, 0.15) is 11.6 Å². The standard InChI is InChI=1S/C18H21FN2O3/c1-13-7-8-16(15(19)11-13)20-18(23)21(9-10-22)12-14-5-3-4-6-17(14)24-2/h3-8,11,22H,9-10,12H2,1-2H3,(H,20,23). The number of aryl methyl sites for hydroxylation is 1. The van der Waals surface area contributed by atoms with Crippen molar-refractivity contribution in [1.82, 2.24) is 4.90 Å². The first-order valence-electron chi connectivity index (χ1n) is 7.60. The average molecular weight is 332 g/mol. The molecule has 0 aromatic heterocycles. The maximum absolute atomic E-state index is 13.9. The molecule has 0 aliphatic heterocycles. The van der Waals surface area contributed by atoms with Crippen molar-refractivity contribution in [2.75, 3.05) is 25.6 Å². The summed E-state index contributed by atoms with van der Waals surface area (Å²) >= 11 is 0. The van der Waals surface area contributed by atoms with Gasteiger partial charge in [-0.25, -0.2) is 9.18 Å². The molecule has 0 saturated carbocycles. The number of ether oxygens (including phenoxy) is 1. The van der Waals surface area contributed by atoms with Crippen molar-refractivity contribution < 1.29 is 19.0 Å². The molecule has 0 heterocycles. The highest BCUT2D eigenvalue weighted by molar-refractivity contribution is 5.89. The van der Waals surface area contributed by atoms with Crippen LogP contribution in [0.2, 0.25) is 0 Å². The smallest absolute Gasteiger partial charge is 0.322 e. The van der Waals surface area contributed by atoms with Gasteiger partial charge in [-0.1, -0.05) is 24.3 Å². The van der Waals surface area contributed by atoms with Gasteiger partial charge in [0.05, 0.1) is 25.9 Å². The molecule has 0 atom stereocenters. The van der Waals surface area contributed by atoms with Crippen LogP contribution in [0.3, 0.4) is 0 Å². The molecule has 2 aromatic rings. The molecule has 0 aliphatic rings. The normalized spacial score (nSPS) is 10.3. The number of aliphatic hydroxyl groups is 1. The summed E-state index contributed by atoms with van der Waals surface area (Å²) in [4.78, 5) is 13.8. The molecule has 2 N–H and O–H groups in total. The Bertz CT molecular complexity index is 706. The Balaban J connectivity index is 2.15. The Kier molecular flexibility index (Phi) is 6.14. The fourth-order valence-electron chi connectivity index (χ4n) is 2.33. The highest BCUT2D eigenvalue weighted by atomic mass is 19.1. The number of carbonyl (C=O) groups is 1. The number of methoxy groups -OCH3 is 1. The highest BCUT2D eigenvalue weighted by Crippen LogP contribution is 2.20. The van der Waals surface area contributed by atoms with E-state index in [-0.39, 0.29) is 25.4 Å². The lowest BCUT2D eigenvalue weighted by Crippen LogP contribution is -2.36. The van der Waals surface area contributed by atoms with Crippen molar-refractivity contribution in [3.8, 4) is 5.75 Å². The van der Waals surface area contributed by atoms with Gasteiger partial charge < -0.3 is 20.1 Å². The maximum Gasteiger partial charge on any atom is 0.322 e. The van der Waals surface area contributed by atoms with Crippen molar-refractivity contribution >= 4 is 11.7 Å². The van der Waals surface area contributed by atoms with E-state index in [9.17, 15) is 14.3 Å². The number of anilines is 1. The number of aliphatic hydroxyl groups excluding tert-OH is 1. The van der Waals surface area contributed by atoms with Crippen LogP contribution in [-0.4, -0.2) is 36.3 Å². The second-order valence-electron chi connectivity index (χ2n) is 5.37. The predicted octanol–water partition coefficient (Wildman–Crippen LogP) is 3.17. The molecule has 6 heteroatoms. The van der Waals surface area contributed by atoms with Crippen LogP contribution in [0.1, 0.15) is 11.1 Å². The quantitative estimate of drug-likeness (QED) is 0.854. The largest absolute Gasteiger partial charge is 0.496 e. The van der Waals surface area contributed by atoms with Crippen molar-refractivity contribution in [2.24, 2.45) is 0 Å². The summed E-state index contributed by atoms with van der Waals surface area (Å²) in [6.07, 6.45) is 0. The Morgan fingerprint density at radius 2 is 2.04 bits per heavy atom. The maximum atomic E-state index is 13.9. The number of hydrogen-bond donors (Lipinski definition) is 2. The zero-order chi connectivity index (χ0) is 17.5. The first-order valence-corrected chi connectivity index (χ1v) is 7.60. The average Bonchev–Trinajstić information content (AvgIpc) is 2.57. The second-order valence-corrected chi connectivity index (χ2v) is 5.37. The first-order chi connectivity index (χ1) is 11.5. The molecule has 0 unspecified atom stereocenters. The molecule has 5 nitrogen and oxygen atoms in total. The van der Waals surface area contributed by atoms with E-state index in [0.717, 1.165) is 11.1 Å². The number of amides is 2. The van der Waals surface area contributed by atoms with Crippen LogP contribution < -0.4 is 10.1 Å². The van der Waals surface area contributed by atoms with Gasteiger partial charge in [-0.3, -0.25) is 0 Å². The molecular weight excluding hydrogens is 311 g/mol. The molecule has 0 saturated heterocycles. The molecule has 24 heavy (non-hydrogen) atoms. The minimum absolute atomic E-state index is 0.105. The van der Waals surface area contributed by atoms with Crippen LogP contribution in [0.4, 0.5) is 14.9 Å². The Hall–Kier alpha value is -2.60. The molecule has 0 fully saturated rings. The molecule has 0 radical (unpaired) electrons. The van der Waals surface area contributed by atoms with Crippen molar-refractivity contribution in [3.05, 3.63) is 59.4 Å². The molecular formula is C18H21FN2O3. The molecule has 0 bridgehead atoms. The van der Waals surface area contributed by atoms with E-state index in [2.05, 4.69) is 5.32 Å². The minimum atomic E-state index is -0.496. The van der Waals surface area contributed by atoms with E-state index < -0.39 is 11.8 Å². The number of rotatable bonds is 6. The highest BCUT2D eigenvalue weighted by Gasteiger charge is 2.17. The third-order valence-corrected chi connectivity index (χ3v) is 3.58. The van der Waals surface area contributed by atoms with Gasteiger partial charge in [-0.05, 0) is 30.7 Å². The minimum Gasteiger partial charge on any atom is -0.496 e. The van der Waals surface area contributed by atoms with Gasteiger partial charge in [-0.2, -0.15) is 0 Å². The van der Waals surface area contributed by atoms with Crippen LogP contribution >= 0.6 is 0 Å². The number of nitrogens with zero attached hydrogens (tertiary/aromatic N) is 1. The summed E-state index contributed by atoms with van der Waals surface area (Å²) in [6.45, 7) is 1.94. The summed E-state index contributed by atoms with van der Waals surface area (Å²) in [7, 11) is 1.55. The van der Waals surface area contributed by atoms with Gasteiger partial charge in [-0.15, -0.1) is 0 Å². The number of halogens is 1. The number of nitrogens with one attached hydrogen (secondary N) is 1. The van der Waals surface area contributed by atoms with Crippen LogP contribution in [0.5, 0.6) is 5.75 Å². The van der Waals surface area contributed by atoms with Crippen molar-refractivity contribution in [1.29, 1.82) is 0 Å². The molecule has 0 spiro atoms. The van der Waals surface area contributed by atoms with Crippen LogP contribution in [0.25, 0.3) is 0 Å². The van der Waals surface area contributed by atoms with Gasteiger partial charge >= 0.3 is 6.03 Å². The topological polar surface area (TPSA) is 61.8 Å². The summed E-state index contributed by atoms with van der Waals surface area (Å²) < 4.78 is 19.2.